The van der Waals surface area contributed by atoms with Crippen molar-refractivity contribution in [2.24, 2.45) is 16.1 Å². The molecule has 0 fully saturated rings. The maximum absolute atomic E-state index is 13.7. The van der Waals surface area contributed by atoms with Gasteiger partial charge in [0.25, 0.3) is 10.1 Å². The summed E-state index contributed by atoms with van der Waals surface area (Å²) in [6.07, 6.45) is -4.41. The third-order valence-corrected chi connectivity index (χ3v) is 9.62. The monoisotopic (exact) mass is 772 g/mol. The fourth-order valence-electron chi connectivity index (χ4n) is 4.58. The van der Waals surface area contributed by atoms with Crippen LogP contribution >= 0.6 is 0 Å². The fraction of sp³-hybridized carbons (Fsp3) is 0.310. The highest BCUT2D eigenvalue weighted by atomic mass is 32.2. The Balaban J connectivity index is 2.02. The first-order valence-corrected chi connectivity index (χ1v) is 17.6. The molecule has 23 heteroatoms. The third-order valence-electron chi connectivity index (χ3n) is 7.39. The quantitative estimate of drug-likeness (QED) is 0.0787. The van der Waals surface area contributed by atoms with Gasteiger partial charge in [0, 0.05) is 12.4 Å². The number of phenols is 1. The van der Waals surface area contributed by atoms with Gasteiger partial charge < -0.3 is 29.8 Å². The lowest BCUT2D eigenvalue weighted by Gasteiger charge is -2.20. The van der Waals surface area contributed by atoms with Crippen LogP contribution in [0.5, 0.6) is 17.5 Å². The maximum atomic E-state index is 13.7. The van der Waals surface area contributed by atoms with Crippen molar-refractivity contribution in [1.82, 2.24) is 19.7 Å². The number of halogens is 3. The Morgan fingerprint density at radius 2 is 1.69 bits per heavy atom. The fourth-order valence-corrected chi connectivity index (χ4v) is 5.87. The zero-order valence-corrected chi connectivity index (χ0v) is 29.4. The van der Waals surface area contributed by atoms with Crippen molar-refractivity contribution in [1.29, 1.82) is 0 Å². The average molecular weight is 773 g/mol. The molecule has 0 radical (unpaired) electrons. The minimum absolute atomic E-state index is 0.186. The number of fused-ring (bicyclic) bond motifs is 1. The maximum Gasteiger partial charge on any atom is 0.418 e. The van der Waals surface area contributed by atoms with Crippen LogP contribution in [0.4, 0.5) is 42.1 Å². The standard InChI is InChI=1S/C29H31F3N8O10S2/c1-6-14(2)22(25(42)43)35-27-36-26(37-28(38-27)48-4)34-18-11-12-20(51(44,45)49-5)15-13-19(50-52(46,47)33-3)23(24(41)21(15)18)40-39-17-10-8-7-9-16(17)29(30,31)32/h7-14,22,33,41H,6H2,1-5H3,(H,42,43)(H2,34,35,36,37,38). The summed E-state index contributed by atoms with van der Waals surface area (Å²) in [6.45, 7) is 3.46. The molecular formula is C29H31F3N8O10S2. The van der Waals surface area contributed by atoms with E-state index < -0.39 is 82.7 Å². The number of alkyl halides is 3. The SMILES string of the molecule is CCC(C)C(Nc1nc(Nc2ccc(S(=O)(=O)OC)c3cc(OS(=O)(=O)NC)c(N=Nc4ccccc4C(F)(F)F)c(O)c23)nc(OC)n1)C(=O)O. The number of carboxylic acids is 1. The number of nitrogens with zero attached hydrogens (tertiary/aromatic N) is 5. The lowest BCUT2D eigenvalue weighted by molar-refractivity contribution is -0.139. The van der Waals surface area contributed by atoms with Crippen LogP contribution in [0.3, 0.4) is 0 Å². The number of rotatable bonds is 15. The highest BCUT2D eigenvalue weighted by Crippen LogP contribution is 2.49. The molecule has 3 aromatic carbocycles. The number of anilines is 3. The van der Waals surface area contributed by atoms with Gasteiger partial charge in [-0.25, -0.2) is 4.79 Å². The number of hydrogen-bond donors (Lipinski definition) is 5. The number of phenolic OH excluding ortho intramolecular Hbond substituents is 1. The van der Waals surface area contributed by atoms with Gasteiger partial charge in [-0.2, -0.15) is 49.7 Å². The summed E-state index contributed by atoms with van der Waals surface area (Å²) >= 11 is 0. The zero-order chi connectivity index (χ0) is 38.6. The number of azo groups is 1. The number of aliphatic carboxylic acids is 1. The van der Waals surface area contributed by atoms with Gasteiger partial charge in [-0.3, -0.25) is 4.18 Å². The molecule has 0 spiro atoms. The van der Waals surface area contributed by atoms with Crippen molar-refractivity contribution < 1.29 is 58.1 Å². The molecule has 0 aliphatic heterocycles. The van der Waals surface area contributed by atoms with E-state index in [1.807, 2.05) is 4.72 Å². The minimum Gasteiger partial charge on any atom is -0.505 e. The molecule has 0 amide bonds. The number of hydrogen-bond acceptors (Lipinski definition) is 16. The summed E-state index contributed by atoms with van der Waals surface area (Å²) in [7, 11) is -6.26. The molecule has 0 aliphatic carbocycles. The van der Waals surface area contributed by atoms with Crippen molar-refractivity contribution in [3.8, 4) is 17.5 Å². The average Bonchev–Trinajstić information content (AvgIpc) is 3.09. The van der Waals surface area contributed by atoms with Crippen LogP contribution in [0.15, 0.2) is 57.6 Å². The molecule has 4 aromatic rings. The van der Waals surface area contributed by atoms with Gasteiger partial charge in [0.15, 0.2) is 17.2 Å². The summed E-state index contributed by atoms with van der Waals surface area (Å²) in [5.74, 6) is -4.04. The molecule has 0 saturated heterocycles. The van der Waals surface area contributed by atoms with E-state index in [4.69, 9.17) is 8.92 Å². The molecule has 2 atom stereocenters. The normalized spacial score (nSPS) is 13.5. The molecule has 0 saturated carbocycles. The van der Waals surface area contributed by atoms with Gasteiger partial charge in [-0.15, -0.1) is 10.2 Å². The Morgan fingerprint density at radius 1 is 1.02 bits per heavy atom. The minimum atomic E-state index is -4.88. The van der Waals surface area contributed by atoms with Crippen LogP contribution in [0.25, 0.3) is 10.8 Å². The number of carbonyl (C=O) groups is 1. The predicted octanol–water partition coefficient (Wildman–Crippen LogP) is 5.01. The zero-order valence-electron chi connectivity index (χ0n) is 27.8. The number of benzene rings is 3. The van der Waals surface area contributed by atoms with Crippen molar-refractivity contribution in [2.45, 2.75) is 37.4 Å². The van der Waals surface area contributed by atoms with Gasteiger partial charge in [-0.1, -0.05) is 32.4 Å². The third kappa shape index (κ3) is 8.72. The van der Waals surface area contributed by atoms with E-state index in [0.717, 1.165) is 50.6 Å². The van der Waals surface area contributed by atoms with E-state index in [-0.39, 0.29) is 29.5 Å². The molecule has 0 bridgehead atoms. The Bertz CT molecular complexity index is 2240. The summed E-state index contributed by atoms with van der Waals surface area (Å²) < 4.78 is 109. The molecular weight excluding hydrogens is 741 g/mol. The summed E-state index contributed by atoms with van der Waals surface area (Å²) in [5.41, 5.74) is -2.97. The highest BCUT2D eigenvalue weighted by Gasteiger charge is 2.34. The smallest absolute Gasteiger partial charge is 0.418 e. The van der Waals surface area contributed by atoms with E-state index in [9.17, 15) is 45.0 Å². The number of aromatic nitrogens is 3. The molecule has 4 rings (SSSR count). The van der Waals surface area contributed by atoms with Crippen LogP contribution in [-0.2, 0) is 35.6 Å². The largest absolute Gasteiger partial charge is 0.505 e. The van der Waals surface area contributed by atoms with Gasteiger partial charge in [-0.05, 0) is 36.2 Å². The Labute approximate surface area is 294 Å². The van der Waals surface area contributed by atoms with Crippen molar-refractivity contribution in [3.05, 3.63) is 48.0 Å². The molecule has 5 N–H and O–H groups in total. The Morgan fingerprint density at radius 3 is 2.29 bits per heavy atom. The molecule has 52 heavy (non-hydrogen) atoms. The predicted molar refractivity (Wildman–Crippen MR) is 178 cm³/mol. The highest BCUT2D eigenvalue weighted by molar-refractivity contribution is 7.87. The van der Waals surface area contributed by atoms with Gasteiger partial charge in [0.2, 0.25) is 11.9 Å². The summed E-state index contributed by atoms with van der Waals surface area (Å²) in [5, 5.41) is 33.3. The van der Waals surface area contributed by atoms with Gasteiger partial charge in [0.1, 0.15) is 10.9 Å². The second-order valence-corrected chi connectivity index (χ2v) is 13.8. The van der Waals surface area contributed by atoms with Gasteiger partial charge in [0.05, 0.1) is 36.5 Å². The lowest BCUT2D eigenvalue weighted by atomic mass is 10.00. The second-order valence-electron chi connectivity index (χ2n) is 10.6. The first-order valence-electron chi connectivity index (χ1n) is 14.8. The van der Waals surface area contributed by atoms with E-state index >= 15 is 0 Å². The van der Waals surface area contributed by atoms with E-state index in [0.29, 0.717) is 6.42 Å². The topological polar surface area (TPSA) is 253 Å². The number of aromatic hydroxyl groups is 1. The summed E-state index contributed by atoms with van der Waals surface area (Å²) in [6, 6.07) is 5.53. The van der Waals surface area contributed by atoms with Crippen LogP contribution in [0, 0.1) is 5.92 Å². The Hall–Kier alpha value is -5.39. The summed E-state index contributed by atoms with van der Waals surface area (Å²) in [4.78, 5) is 23.6. The van der Waals surface area contributed by atoms with Crippen molar-refractivity contribution >= 4 is 66.1 Å². The molecule has 18 nitrogen and oxygen atoms in total. The van der Waals surface area contributed by atoms with Crippen LogP contribution in [0.1, 0.15) is 25.8 Å². The molecule has 0 aliphatic rings. The van der Waals surface area contributed by atoms with E-state index in [1.54, 1.807) is 13.8 Å². The second kappa shape index (κ2) is 15.5. The van der Waals surface area contributed by atoms with E-state index in [2.05, 4.69) is 40.0 Å². The first kappa shape index (κ1) is 39.4. The number of methoxy groups -OCH3 is 1. The van der Waals surface area contributed by atoms with Crippen molar-refractivity contribution in [2.75, 3.05) is 31.9 Å². The number of carboxylic acid groups (broad SMARTS) is 1. The number of nitrogens with one attached hydrogen (secondary N) is 3. The first-order chi connectivity index (χ1) is 24.3. The van der Waals surface area contributed by atoms with Crippen molar-refractivity contribution in [3.63, 3.8) is 0 Å². The van der Waals surface area contributed by atoms with Gasteiger partial charge >= 0.3 is 28.5 Å². The van der Waals surface area contributed by atoms with Crippen LogP contribution in [-0.4, -0.2) is 75.3 Å². The molecule has 280 valence electrons. The van der Waals surface area contributed by atoms with Crippen LogP contribution < -0.4 is 24.3 Å². The lowest BCUT2D eigenvalue weighted by Crippen LogP contribution is -2.36. The molecule has 1 aromatic heterocycles. The number of ether oxygens (including phenoxy) is 1. The van der Waals surface area contributed by atoms with Crippen LogP contribution in [0.2, 0.25) is 0 Å². The Kier molecular flexibility index (Phi) is 11.7. The molecule has 2 unspecified atom stereocenters. The molecule has 1 heterocycles. The van der Waals surface area contributed by atoms with E-state index in [1.165, 1.54) is 13.2 Å².